The topological polar surface area (TPSA) is 86.8 Å². The van der Waals surface area contributed by atoms with Gasteiger partial charge in [0.05, 0.1) is 17.4 Å². The number of hydrogen-bond donors (Lipinski definition) is 1. The van der Waals surface area contributed by atoms with Crippen molar-refractivity contribution in [3.8, 4) is 0 Å². The number of nitrogens with one attached hydrogen (secondary N) is 1. The summed E-state index contributed by atoms with van der Waals surface area (Å²) in [6.45, 7) is 0.733. The summed E-state index contributed by atoms with van der Waals surface area (Å²) >= 11 is 0. The Labute approximate surface area is 204 Å². The van der Waals surface area contributed by atoms with Gasteiger partial charge in [-0.15, -0.1) is 0 Å². The SMILES string of the molecule is O=C(N[C@H](CC(=O)N1CCN(S(=O)(=O)c2ccc(F)cc2)CC1)c1ccccc1)c1ccccc1. The summed E-state index contributed by atoms with van der Waals surface area (Å²) < 4.78 is 40.2. The molecule has 1 aliphatic rings. The first kappa shape index (κ1) is 24.6. The molecule has 7 nitrogen and oxygen atoms in total. The zero-order chi connectivity index (χ0) is 24.8. The molecule has 1 fully saturated rings. The Morgan fingerprint density at radius 1 is 0.829 bits per heavy atom. The van der Waals surface area contributed by atoms with E-state index in [1.54, 1.807) is 29.2 Å². The number of carbonyl (C=O) groups excluding carboxylic acids is 2. The molecule has 1 N–H and O–H groups in total. The first-order valence-electron chi connectivity index (χ1n) is 11.3. The molecule has 1 saturated heterocycles. The van der Waals surface area contributed by atoms with Gasteiger partial charge in [-0.1, -0.05) is 48.5 Å². The number of halogens is 1. The van der Waals surface area contributed by atoms with Crippen molar-refractivity contribution in [1.82, 2.24) is 14.5 Å². The summed E-state index contributed by atoms with van der Waals surface area (Å²) in [5, 5.41) is 2.96. The van der Waals surface area contributed by atoms with Crippen molar-refractivity contribution < 1.29 is 22.4 Å². The van der Waals surface area contributed by atoms with Crippen LogP contribution < -0.4 is 5.32 Å². The lowest BCUT2D eigenvalue weighted by Gasteiger charge is -2.34. The average molecular weight is 496 g/mol. The minimum absolute atomic E-state index is 0.0199. The first-order chi connectivity index (χ1) is 16.8. The third-order valence-corrected chi connectivity index (χ3v) is 7.88. The van der Waals surface area contributed by atoms with Crippen LogP contribution in [-0.4, -0.2) is 55.6 Å². The number of amides is 2. The summed E-state index contributed by atoms with van der Waals surface area (Å²) in [6, 6.07) is 22.2. The lowest BCUT2D eigenvalue weighted by atomic mass is 10.0. The maximum atomic E-state index is 13.2. The second kappa shape index (κ2) is 10.8. The predicted molar refractivity (Wildman–Crippen MR) is 129 cm³/mol. The van der Waals surface area contributed by atoms with Crippen molar-refractivity contribution in [3.63, 3.8) is 0 Å². The van der Waals surface area contributed by atoms with Gasteiger partial charge >= 0.3 is 0 Å². The van der Waals surface area contributed by atoms with Crippen LogP contribution in [0, 0.1) is 5.82 Å². The largest absolute Gasteiger partial charge is 0.345 e. The average Bonchev–Trinajstić information content (AvgIpc) is 2.89. The second-order valence-electron chi connectivity index (χ2n) is 8.25. The van der Waals surface area contributed by atoms with Crippen molar-refractivity contribution in [2.75, 3.05) is 26.2 Å². The number of sulfonamides is 1. The van der Waals surface area contributed by atoms with Crippen molar-refractivity contribution >= 4 is 21.8 Å². The summed E-state index contributed by atoms with van der Waals surface area (Å²) in [6.07, 6.45) is 0.0489. The molecule has 2 amide bonds. The number of rotatable bonds is 7. The molecule has 1 atom stereocenters. The van der Waals surface area contributed by atoms with Crippen LogP contribution in [-0.2, 0) is 14.8 Å². The quantitative estimate of drug-likeness (QED) is 0.545. The van der Waals surface area contributed by atoms with Crippen molar-refractivity contribution in [3.05, 3.63) is 102 Å². The highest BCUT2D eigenvalue weighted by molar-refractivity contribution is 7.89. The molecule has 0 bridgehead atoms. The van der Waals surface area contributed by atoms with Gasteiger partial charge in [0, 0.05) is 31.7 Å². The predicted octanol–water partition coefficient (Wildman–Crippen LogP) is 3.22. The van der Waals surface area contributed by atoms with E-state index in [2.05, 4.69) is 5.32 Å². The number of piperazine rings is 1. The van der Waals surface area contributed by atoms with E-state index in [0.29, 0.717) is 5.56 Å². The molecule has 182 valence electrons. The van der Waals surface area contributed by atoms with Gasteiger partial charge < -0.3 is 10.2 Å². The maximum Gasteiger partial charge on any atom is 0.251 e. The highest BCUT2D eigenvalue weighted by Crippen LogP contribution is 2.22. The Kier molecular flexibility index (Phi) is 7.57. The van der Waals surface area contributed by atoms with Crippen LogP contribution in [0.5, 0.6) is 0 Å². The van der Waals surface area contributed by atoms with Crippen LogP contribution >= 0.6 is 0 Å². The molecule has 0 saturated carbocycles. The Bertz CT molecular complexity index is 1260. The molecule has 0 aliphatic carbocycles. The summed E-state index contributed by atoms with van der Waals surface area (Å²) in [4.78, 5) is 27.5. The fourth-order valence-electron chi connectivity index (χ4n) is 4.01. The molecule has 0 radical (unpaired) electrons. The van der Waals surface area contributed by atoms with Crippen molar-refractivity contribution in [2.24, 2.45) is 0 Å². The lowest BCUT2D eigenvalue weighted by molar-refractivity contribution is -0.132. The highest BCUT2D eigenvalue weighted by Gasteiger charge is 2.31. The summed E-state index contributed by atoms with van der Waals surface area (Å²) in [5.74, 6) is -0.958. The van der Waals surface area contributed by atoms with Crippen LogP contribution in [0.1, 0.15) is 28.4 Å². The third-order valence-electron chi connectivity index (χ3n) is 5.96. The normalized spacial score (nSPS) is 15.4. The van der Waals surface area contributed by atoms with Gasteiger partial charge in [0.15, 0.2) is 0 Å². The minimum Gasteiger partial charge on any atom is -0.345 e. The molecule has 3 aromatic rings. The molecule has 1 heterocycles. The molecule has 0 unspecified atom stereocenters. The van der Waals surface area contributed by atoms with Crippen LogP contribution in [0.3, 0.4) is 0 Å². The lowest BCUT2D eigenvalue weighted by Crippen LogP contribution is -2.51. The van der Waals surface area contributed by atoms with E-state index in [1.165, 1.54) is 16.4 Å². The minimum atomic E-state index is -3.77. The molecular weight excluding hydrogens is 469 g/mol. The molecule has 3 aromatic carbocycles. The van der Waals surface area contributed by atoms with E-state index in [-0.39, 0.29) is 49.3 Å². The van der Waals surface area contributed by atoms with Gasteiger partial charge in [-0.05, 0) is 42.0 Å². The fourth-order valence-corrected chi connectivity index (χ4v) is 5.43. The number of hydrogen-bond acceptors (Lipinski definition) is 4. The molecule has 0 spiro atoms. The van der Waals surface area contributed by atoms with E-state index in [4.69, 9.17) is 0 Å². The summed E-state index contributed by atoms with van der Waals surface area (Å²) in [7, 11) is -3.77. The van der Waals surface area contributed by atoms with E-state index >= 15 is 0 Å². The van der Waals surface area contributed by atoms with Crippen molar-refractivity contribution in [2.45, 2.75) is 17.4 Å². The monoisotopic (exact) mass is 495 g/mol. The van der Waals surface area contributed by atoms with E-state index in [9.17, 15) is 22.4 Å². The van der Waals surface area contributed by atoms with Crippen LogP contribution in [0.4, 0.5) is 4.39 Å². The molecule has 0 aromatic heterocycles. The maximum absolute atomic E-state index is 13.2. The van der Waals surface area contributed by atoms with Crippen molar-refractivity contribution in [1.29, 1.82) is 0 Å². The Morgan fingerprint density at radius 2 is 1.40 bits per heavy atom. The third kappa shape index (κ3) is 5.93. The molecule has 1 aliphatic heterocycles. The molecule has 35 heavy (non-hydrogen) atoms. The Morgan fingerprint density at radius 3 is 2.00 bits per heavy atom. The van der Waals surface area contributed by atoms with Gasteiger partial charge in [-0.25, -0.2) is 12.8 Å². The Balaban J connectivity index is 1.41. The second-order valence-corrected chi connectivity index (χ2v) is 10.2. The van der Waals surface area contributed by atoms with Gasteiger partial charge in [0.2, 0.25) is 15.9 Å². The number of benzene rings is 3. The standard InChI is InChI=1S/C26H26FN3O4S/c27-22-11-13-23(14-12-22)35(33,34)30-17-15-29(16-18-30)25(31)19-24(20-7-3-1-4-8-20)28-26(32)21-9-5-2-6-10-21/h1-14,24H,15-19H2,(H,28,32)/t24-/m1/s1. The molecular formula is C26H26FN3O4S. The van der Waals surface area contributed by atoms with Gasteiger partial charge in [0.1, 0.15) is 5.82 Å². The fraction of sp³-hybridized carbons (Fsp3) is 0.231. The smallest absolute Gasteiger partial charge is 0.251 e. The first-order valence-corrected chi connectivity index (χ1v) is 12.7. The van der Waals surface area contributed by atoms with Crippen LogP contribution in [0.25, 0.3) is 0 Å². The van der Waals surface area contributed by atoms with E-state index < -0.39 is 21.9 Å². The summed E-state index contributed by atoms with van der Waals surface area (Å²) in [5.41, 5.74) is 1.31. The van der Waals surface area contributed by atoms with Crippen LogP contribution in [0.15, 0.2) is 89.8 Å². The van der Waals surface area contributed by atoms with Crippen LogP contribution in [0.2, 0.25) is 0 Å². The van der Waals surface area contributed by atoms with E-state index in [0.717, 1.165) is 17.7 Å². The highest BCUT2D eigenvalue weighted by atomic mass is 32.2. The van der Waals surface area contributed by atoms with E-state index in [1.807, 2.05) is 36.4 Å². The van der Waals surface area contributed by atoms with Gasteiger partial charge in [-0.2, -0.15) is 4.31 Å². The number of nitrogens with zero attached hydrogens (tertiary/aromatic N) is 2. The number of carbonyl (C=O) groups is 2. The zero-order valence-corrected chi connectivity index (χ0v) is 19.8. The van der Waals surface area contributed by atoms with Gasteiger partial charge in [0.25, 0.3) is 5.91 Å². The zero-order valence-electron chi connectivity index (χ0n) is 19.0. The molecule has 4 rings (SSSR count). The Hall–Kier alpha value is -3.56. The molecule has 9 heteroatoms. The van der Waals surface area contributed by atoms with Gasteiger partial charge in [-0.3, -0.25) is 9.59 Å².